The first-order valence-electron chi connectivity index (χ1n) is 12.0. The molecule has 0 radical (unpaired) electrons. The van der Waals surface area contributed by atoms with E-state index in [1.165, 1.54) is 0 Å². The fourth-order valence-electron chi connectivity index (χ4n) is 4.17. The van der Waals surface area contributed by atoms with Crippen LogP contribution in [-0.4, -0.2) is 28.7 Å². The monoisotopic (exact) mass is 471 g/mol. The average molecular weight is 472 g/mol. The minimum absolute atomic E-state index is 0.0336. The summed E-state index contributed by atoms with van der Waals surface area (Å²) in [6, 6.07) is 20.2. The lowest BCUT2D eigenvalue weighted by Gasteiger charge is -2.14. The van der Waals surface area contributed by atoms with Gasteiger partial charge in [0.2, 0.25) is 0 Å². The number of hydrogen-bond acceptors (Lipinski definition) is 4. The van der Waals surface area contributed by atoms with Gasteiger partial charge in [0.05, 0.1) is 24.2 Å². The number of carbonyl (C=O) groups excluding carboxylic acids is 1. The molecule has 0 saturated carbocycles. The third kappa shape index (κ3) is 6.01. The molecule has 1 aromatic heterocycles. The molecule has 0 bridgehead atoms. The Morgan fingerprint density at radius 2 is 1.69 bits per heavy atom. The second-order valence-electron chi connectivity index (χ2n) is 8.93. The molecule has 0 spiro atoms. The molecule has 0 saturated heterocycles. The summed E-state index contributed by atoms with van der Waals surface area (Å²) >= 11 is 0. The van der Waals surface area contributed by atoms with E-state index in [9.17, 15) is 4.79 Å². The van der Waals surface area contributed by atoms with Crippen molar-refractivity contribution in [2.75, 3.05) is 13.2 Å². The van der Waals surface area contributed by atoms with Gasteiger partial charge in [0.25, 0.3) is 5.91 Å². The van der Waals surface area contributed by atoms with Crippen LogP contribution in [0.4, 0.5) is 0 Å². The van der Waals surface area contributed by atoms with Crippen molar-refractivity contribution in [1.82, 2.24) is 14.9 Å². The standard InChI is InChI=1S/C29H33N3O3/c1-20-13-14-21(2)26(17-20)35-19-28(33)30-18-27-31-24-11-5-6-12-25(24)32(27)15-8-16-34-29-22(3)9-7-10-23(29)4/h5-7,9-14,17H,8,15-16,18-19H2,1-4H3,(H,30,33). The maximum absolute atomic E-state index is 12.5. The minimum Gasteiger partial charge on any atom is -0.493 e. The van der Waals surface area contributed by atoms with E-state index >= 15 is 0 Å². The van der Waals surface area contributed by atoms with Gasteiger partial charge in [-0.25, -0.2) is 4.98 Å². The summed E-state index contributed by atoms with van der Waals surface area (Å²) in [5, 5.41) is 2.96. The van der Waals surface area contributed by atoms with Gasteiger partial charge in [0.15, 0.2) is 6.61 Å². The molecule has 1 N–H and O–H groups in total. The number of ether oxygens (including phenoxy) is 2. The van der Waals surface area contributed by atoms with Crippen LogP contribution in [0, 0.1) is 27.7 Å². The Kier molecular flexibility index (Phi) is 7.70. The summed E-state index contributed by atoms with van der Waals surface area (Å²) in [6.45, 7) is 9.76. The Labute approximate surface area is 206 Å². The van der Waals surface area contributed by atoms with Crippen LogP contribution >= 0.6 is 0 Å². The van der Waals surface area contributed by atoms with Gasteiger partial charge < -0.3 is 19.4 Å². The predicted octanol–water partition coefficient (Wildman–Crippen LogP) is 5.43. The van der Waals surface area contributed by atoms with Crippen LogP contribution in [0.2, 0.25) is 0 Å². The van der Waals surface area contributed by atoms with Crippen molar-refractivity contribution in [3.63, 3.8) is 0 Å². The summed E-state index contributed by atoms with van der Waals surface area (Å²) in [6.07, 6.45) is 0.824. The van der Waals surface area contributed by atoms with Gasteiger partial charge in [-0.15, -0.1) is 0 Å². The molecule has 4 aromatic rings. The van der Waals surface area contributed by atoms with E-state index in [2.05, 4.69) is 41.9 Å². The second kappa shape index (κ2) is 11.1. The normalized spacial score (nSPS) is 11.0. The van der Waals surface area contributed by atoms with Crippen LogP contribution in [0.25, 0.3) is 11.0 Å². The number of hydrogen-bond donors (Lipinski definition) is 1. The van der Waals surface area contributed by atoms with E-state index in [-0.39, 0.29) is 12.5 Å². The van der Waals surface area contributed by atoms with Gasteiger partial charge >= 0.3 is 0 Å². The number of fused-ring (bicyclic) bond motifs is 1. The van der Waals surface area contributed by atoms with Crippen molar-refractivity contribution in [3.8, 4) is 11.5 Å². The van der Waals surface area contributed by atoms with Crippen molar-refractivity contribution in [2.24, 2.45) is 0 Å². The molecule has 0 aliphatic heterocycles. The summed E-state index contributed by atoms with van der Waals surface area (Å²) in [4.78, 5) is 17.3. The molecule has 182 valence electrons. The van der Waals surface area contributed by atoms with Crippen molar-refractivity contribution >= 4 is 16.9 Å². The summed E-state index contributed by atoms with van der Waals surface area (Å²) in [5.74, 6) is 2.33. The highest BCUT2D eigenvalue weighted by Crippen LogP contribution is 2.23. The zero-order valence-corrected chi connectivity index (χ0v) is 20.9. The van der Waals surface area contributed by atoms with E-state index in [1.807, 2.05) is 56.3 Å². The number of amides is 1. The van der Waals surface area contributed by atoms with Gasteiger partial charge in [-0.1, -0.05) is 42.5 Å². The molecule has 1 amide bonds. The van der Waals surface area contributed by atoms with E-state index in [0.29, 0.717) is 13.2 Å². The maximum Gasteiger partial charge on any atom is 0.258 e. The minimum atomic E-state index is -0.178. The van der Waals surface area contributed by atoms with Crippen LogP contribution in [0.1, 0.15) is 34.5 Å². The summed E-state index contributed by atoms with van der Waals surface area (Å²) in [5.41, 5.74) is 6.36. The fraction of sp³-hybridized carbons (Fsp3) is 0.310. The van der Waals surface area contributed by atoms with Crippen LogP contribution in [0.15, 0.2) is 60.7 Å². The van der Waals surface area contributed by atoms with Gasteiger partial charge in [-0.2, -0.15) is 0 Å². The lowest BCUT2D eigenvalue weighted by Crippen LogP contribution is -2.29. The number of carbonyl (C=O) groups is 1. The van der Waals surface area contributed by atoms with Crippen LogP contribution in [0.3, 0.4) is 0 Å². The van der Waals surface area contributed by atoms with Crippen LogP contribution in [0.5, 0.6) is 11.5 Å². The highest BCUT2D eigenvalue weighted by atomic mass is 16.5. The lowest BCUT2D eigenvalue weighted by atomic mass is 10.1. The Bertz CT molecular complexity index is 1310. The van der Waals surface area contributed by atoms with Gasteiger partial charge in [-0.05, 0) is 74.6 Å². The quantitative estimate of drug-likeness (QED) is 0.313. The third-order valence-corrected chi connectivity index (χ3v) is 6.06. The fourth-order valence-corrected chi connectivity index (χ4v) is 4.17. The lowest BCUT2D eigenvalue weighted by molar-refractivity contribution is -0.123. The number of nitrogens with one attached hydrogen (secondary N) is 1. The molecular formula is C29H33N3O3. The molecular weight excluding hydrogens is 438 g/mol. The first-order chi connectivity index (χ1) is 16.9. The summed E-state index contributed by atoms with van der Waals surface area (Å²) < 4.78 is 14.0. The van der Waals surface area contributed by atoms with Crippen LogP contribution in [-0.2, 0) is 17.9 Å². The molecule has 6 heteroatoms. The number of imidazole rings is 1. The Hall–Kier alpha value is -3.80. The number of rotatable bonds is 10. The van der Waals surface area contributed by atoms with Crippen molar-refractivity contribution in [2.45, 2.75) is 47.2 Å². The van der Waals surface area contributed by atoms with E-state index in [0.717, 1.165) is 63.6 Å². The van der Waals surface area contributed by atoms with Crippen molar-refractivity contribution < 1.29 is 14.3 Å². The highest BCUT2D eigenvalue weighted by Gasteiger charge is 2.13. The van der Waals surface area contributed by atoms with E-state index in [4.69, 9.17) is 14.5 Å². The second-order valence-corrected chi connectivity index (χ2v) is 8.93. The Morgan fingerprint density at radius 1 is 0.914 bits per heavy atom. The SMILES string of the molecule is Cc1ccc(C)c(OCC(=O)NCc2nc3ccccc3n2CCCOc2c(C)cccc2C)c1. The number of nitrogens with zero attached hydrogens (tertiary/aromatic N) is 2. The van der Waals surface area contributed by atoms with E-state index in [1.54, 1.807) is 0 Å². The van der Waals surface area contributed by atoms with Gasteiger partial charge in [0.1, 0.15) is 17.3 Å². The number of aryl methyl sites for hydroxylation is 5. The highest BCUT2D eigenvalue weighted by molar-refractivity contribution is 5.78. The van der Waals surface area contributed by atoms with E-state index < -0.39 is 0 Å². The topological polar surface area (TPSA) is 65.4 Å². The molecule has 35 heavy (non-hydrogen) atoms. The van der Waals surface area contributed by atoms with Crippen molar-refractivity contribution in [1.29, 1.82) is 0 Å². The number of benzene rings is 3. The molecule has 0 atom stereocenters. The number of para-hydroxylation sites is 3. The molecule has 0 unspecified atom stereocenters. The molecule has 4 rings (SSSR count). The maximum atomic E-state index is 12.5. The molecule has 0 aliphatic carbocycles. The third-order valence-electron chi connectivity index (χ3n) is 6.06. The van der Waals surface area contributed by atoms with Gasteiger partial charge in [0, 0.05) is 6.54 Å². The number of aromatic nitrogens is 2. The smallest absolute Gasteiger partial charge is 0.258 e. The molecule has 1 heterocycles. The zero-order chi connectivity index (χ0) is 24.8. The first kappa shape index (κ1) is 24.3. The predicted molar refractivity (Wildman–Crippen MR) is 139 cm³/mol. The molecule has 3 aromatic carbocycles. The molecule has 0 aliphatic rings. The first-order valence-corrected chi connectivity index (χ1v) is 12.0. The van der Waals surface area contributed by atoms with Gasteiger partial charge in [-0.3, -0.25) is 4.79 Å². The molecule has 0 fully saturated rings. The zero-order valence-electron chi connectivity index (χ0n) is 20.9. The Balaban J connectivity index is 1.37. The average Bonchev–Trinajstić information content (AvgIpc) is 3.20. The Morgan fingerprint density at radius 3 is 2.49 bits per heavy atom. The van der Waals surface area contributed by atoms with Crippen molar-refractivity contribution in [3.05, 3.63) is 88.7 Å². The summed E-state index contributed by atoms with van der Waals surface area (Å²) in [7, 11) is 0. The molecule has 6 nitrogen and oxygen atoms in total. The van der Waals surface area contributed by atoms with Crippen LogP contribution < -0.4 is 14.8 Å². The largest absolute Gasteiger partial charge is 0.493 e.